The number of nitrogens with zero attached hydrogens (tertiary/aromatic N) is 4. The van der Waals surface area contributed by atoms with Crippen LogP contribution < -0.4 is 10.2 Å². The molecule has 8 heteroatoms. The number of imidazole rings is 1. The second kappa shape index (κ2) is 6.30. The molecule has 0 saturated heterocycles. The van der Waals surface area contributed by atoms with Crippen molar-refractivity contribution < 1.29 is 9.84 Å². The number of rotatable bonds is 7. The molecule has 0 aliphatic heterocycles. The number of methoxy groups -OCH3 is 1. The second-order valence-electron chi connectivity index (χ2n) is 3.93. The SMILES string of the molecule is CNc1nc(N(CCO)CCOC)c2[nH]cnc2n1. The van der Waals surface area contributed by atoms with E-state index in [9.17, 15) is 5.11 Å². The molecule has 0 aliphatic rings. The summed E-state index contributed by atoms with van der Waals surface area (Å²) in [5.41, 5.74) is 1.35. The lowest BCUT2D eigenvalue weighted by molar-refractivity contribution is 0.202. The highest BCUT2D eigenvalue weighted by Gasteiger charge is 2.15. The standard InChI is InChI=1S/C11H18N6O2/c1-12-11-15-9-8(13-7-14-9)10(16-11)17(3-5-18)4-6-19-2/h7,18H,3-6H2,1-2H3,(H2,12,13,14,15,16). The number of fused-ring (bicyclic) bond motifs is 1. The first-order valence-electron chi connectivity index (χ1n) is 6.03. The van der Waals surface area contributed by atoms with Gasteiger partial charge in [0.15, 0.2) is 11.5 Å². The summed E-state index contributed by atoms with van der Waals surface area (Å²) in [5, 5.41) is 12.1. The van der Waals surface area contributed by atoms with Gasteiger partial charge >= 0.3 is 0 Å². The Bertz CT molecular complexity index is 529. The van der Waals surface area contributed by atoms with Crippen molar-refractivity contribution >= 4 is 22.9 Å². The molecule has 2 rings (SSSR count). The summed E-state index contributed by atoms with van der Waals surface area (Å²) in [6.45, 7) is 1.69. The van der Waals surface area contributed by atoms with Crippen molar-refractivity contribution in [3.8, 4) is 0 Å². The maximum absolute atomic E-state index is 9.18. The van der Waals surface area contributed by atoms with Crippen LogP contribution in [0, 0.1) is 0 Å². The van der Waals surface area contributed by atoms with Crippen LogP contribution in [0.5, 0.6) is 0 Å². The highest BCUT2D eigenvalue weighted by Crippen LogP contribution is 2.22. The molecule has 3 N–H and O–H groups in total. The molecule has 2 aromatic heterocycles. The maximum Gasteiger partial charge on any atom is 0.226 e. The van der Waals surface area contributed by atoms with E-state index in [4.69, 9.17) is 4.74 Å². The third-order valence-corrected chi connectivity index (χ3v) is 2.72. The van der Waals surface area contributed by atoms with Gasteiger partial charge in [-0.1, -0.05) is 0 Å². The molecule has 0 aromatic carbocycles. The molecule has 0 fully saturated rings. The van der Waals surface area contributed by atoms with Crippen LogP contribution >= 0.6 is 0 Å². The van der Waals surface area contributed by atoms with Crippen molar-refractivity contribution in [2.75, 3.05) is 50.7 Å². The van der Waals surface area contributed by atoms with Gasteiger partial charge in [0.05, 0.1) is 19.5 Å². The first kappa shape index (κ1) is 13.5. The third kappa shape index (κ3) is 2.91. The van der Waals surface area contributed by atoms with Crippen molar-refractivity contribution in [3.63, 3.8) is 0 Å². The number of aromatic nitrogens is 4. The Kier molecular flexibility index (Phi) is 4.48. The number of aliphatic hydroxyl groups excluding tert-OH is 1. The molecule has 0 saturated carbocycles. The van der Waals surface area contributed by atoms with Crippen molar-refractivity contribution in [1.29, 1.82) is 0 Å². The molecular weight excluding hydrogens is 248 g/mol. The number of ether oxygens (including phenoxy) is 1. The van der Waals surface area contributed by atoms with Crippen molar-refractivity contribution in [3.05, 3.63) is 6.33 Å². The lowest BCUT2D eigenvalue weighted by Gasteiger charge is -2.23. The quantitative estimate of drug-likeness (QED) is 0.640. The van der Waals surface area contributed by atoms with Gasteiger partial charge in [-0.15, -0.1) is 0 Å². The number of hydrogen-bond acceptors (Lipinski definition) is 7. The summed E-state index contributed by atoms with van der Waals surface area (Å²) in [5.74, 6) is 1.20. The fraction of sp³-hybridized carbons (Fsp3) is 0.545. The Labute approximate surface area is 110 Å². The largest absolute Gasteiger partial charge is 0.395 e. The van der Waals surface area contributed by atoms with Gasteiger partial charge < -0.3 is 25.0 Å². The van der Waals surface area contributed by atoms with Gasteiger partial charge in [0.25, 0.3) is 0 Å². The summed E-state index contributed by atoms with van der Waals surface area (Å²) in [6, 6.07) is 0. The van der Waals surface area contributed by atoms with E-state index < -0.39 is 0 Å². The van der Waals surface area contributed by atoms with Gasteiger partial charge in [-0.25, -0.2) is 4.98 Å². The number of nitrogens with one attached hydrogen (secondary N) is 2. The molecule has 2 heterocycles. The summed E-state index contributed by atoms with van der Waals surface area (Å²) in [7, 11) is 3.39. The lowest BCUT2D eigenvalue weighted by atomic mass is 10.4. The smallest absolute Gasteiger partial charge is 0.226 e. The monoisotopic (exact) mass is 266 g/mol. The van der Waals surface area contributed by atoms with E-state index in [0.717, 1.165) is 5.52 Å². The molecule has 0 bridgehead atoms. The predicted molar refractivity (Wildman–Crippen MR) is 72.4 cm³/mol. The average molecular weight is 266 g/mol. The Morgan fingerprint density at radius 2 is 2.26 bits per heavy atom. The zero-order valence-electron chi connectivity index (χ0n) is 11.1. The van der Waals surface area contributed by atoms with Gasteiger partial charge in [0, 0.05) is 27.2 Å². The fourth-order valence-corrected chi connectivity index (χ4v) is 1.80. The number of H-pyrrole nitrogens is 1. The molecule has 2 aromatic rings. The van der Waals surface area contributed by atoms with Crippen LogP contribution in [-0.4, -0.2) is 65.5 Å². The van der Waals surface area contributed by atoms with Gasteiger partial charge in [-0.05, 0) is 0 Å². The van der Waals surface area contributed by atoms with Crippen molar-refractivity contribution in [2.45, 2.75) is 0 Å². The van der Waals surface area contributed by atoms with E-state index in [1.165, 1.54) is 0 Å². The zero-order chi connectivity index (χ0) is 13.7. The topological polar surface area (TPSA) is 99.2 Å². The number of anilines is 2. The lowest BCUT2D eigenvalue weighted by Crippen LogP contribution is -2.31. The fourth-order valence-electron chi connectivity index (χ4n) is 1.80. The Balaban J connectivity index is 2.40. The van der Waals surface area contributed by atoms with Crippen LogP contribution in [0.1, 0.15) is 0 Å². The van der Waals surface area contributed by atoms with E-state index in [1.807, 2.05) is 4.90 Å². The Morgan fingerprint density at radius 3 is 2.95 bits per heavy atom. The molecular formula is C11H18N6O2. The molecule has 0 radical (unpaired) electrons. The highest BCUT2D eigenvalue weighted by molar-refractivity contribution is 5.84. The average Bonchev–Trinajstić information content (AvgIpc) is 2.90. The molecule has 0 unspecified atom stereocenters. The summed E-state index contributed by atoms with van der Waals surface area (Å²) in [6.07, 6.45) is 1.58. The van der Waals surface area contributed by atoms with Crippen LogP contribution in [0.25, 0.3) is 11.2 Å². The van der Waals surface area contributed by atoms with E-state index in [1.54, 1.807) is 20.5 Å². The van der Waals surface area contributed by atoms with Crippen molar-refractivity contribution in [2.24, 2.45) is 0 Å². The summed E-state index contributed by atoms with van der Waals surface area (Å²) >= 11 is 0. The Morgan fingerprint density at radius 1 is 1.42 bits per heavy atom. The highest BCUT2D eigenvalue weighted by atomic mass is 16.5. The van der Waals surface area contributed by atoms with Gasteiger partial charge in [-0.2, -0.15) is 9.97 Å². The second-order valence-corrected chi connectivity index (χ2v) is 3.93. The predicted octanol–water partition coefficient (Wildman–Crippen LogP) is -0.160. The minimum absolute atomic E-state index is 0.0399. The Hall–Kier alpha value is -1.93. The summed E-state index contributed by atoms with van der Waals surface area (Å²) < 4.78 is 5.08. The minimum Gasteiger partial charge on any atom is -0.395 e. The van der Waals surface area contributed by atoms with Crippen LogP contribution in [0.2, 0.25) is 0 Å². The normalized spacial score (nSPS) is 10.9. The van der Waals surface area contributed by atoms with E-state index in [-0.39, 0.29) is 6.61 Å². The van der Waals surface area contributed by atoms with Crippen LogP contribution in [0.4, 0.5) is 11.8 Å². The van der Waals surface area contributed by atoms with Gasteiger partial charge in [-0.3, -0.25) is 0 Å². The van der Waals surface area contributed by atoms with Crippen molar-refractivity contribution in [1.82, 2.24) is 19.9 Å². The number of aliphatic hydroxyl groups is 1. The molecule has 0 amide bonds. The molecule has 19 heavy (non-hydrogen) atoms. The van der Waals surface area contributed by atoms with E-state index >= 15 is 0 Å². The third-order valence-electron chi connectivity index (χ3n) is 2.72. The van der Waals surface area contributed by atoms with Crippen LogP contribution in [0.15, 0.2) is 6.33 Å². The number of hydrogen-bond donors (Lipinski definition) is 3. The minimum atomic E-state index is 0.0399. The first-order chi connectivity index (χ1) is 9.30. The molecule has 0 atom stereocenters. The molecule has 104 valence electrons. The zero-order valence-corrected chi connectivity index (χ0v) is 11.1. The summed E-state index contributed by atoms with van der Waals surface area (Å²) in [4.78, 5) is 17.8. The van der Waals surface area contributed by atoms with Gasteiger partial charge in [0.1, 0.15) is 5.52 Å². The molecule has 0 spiro atoms. The van der Waals surface area contributed by atoms with E-state index in [2.05, 4.69) is 25.3 Å². The first-order valence-corrected chi connectivity index (χ1v) is 6.03. The van der Waals surface area contributed by atoms with Crippen LogP contribution in [0.3, 0.4) is 0 Å². The number of aromatic amines is 1. The van der Waals surface area contributed by atoms with E-state index in [0.29, 0.717) is 37.1 Å². The molecule has 8 nitrogen and oxygen atoms in total. The van der Waals surface area contributed by atoms with Crippen LogP contribution in [-0.2, 0) is 4.74 Å². The maximum atomic E-state index is 9.18. The molecule has 0 aliphatic carbocycles. The van der Waals surface area contributed by atoms with Gasteiger partial charge in [0.2, 0.25) is 5.95 Å².